The summed E-state index contributed by atoms with van der Waals surface area (Å²) in [5.74, 6) is 1.50. The number of halogens is 1. The van der Waals surface area contributed by atoms with E-state index in [2.05, 4.69) is 10.6 Å². The summed E-state index contributed by atoms with van der Waals surface area (Å²) in [6.07, 6.45) is 4.94. The van der Waals surface area contributed by atoms with E-state index >= 15 is 0 Å². The van der Waals surface area contributed by atoms with Gasteiger partial charge in [-0.2, -0.15) is 0 Å². The molecule has 5 nitrogen and oxygen atoms in total. The summed E-state index contributed by atoms with van der Waals surface area (Å²) in [4.78, 5) is 25.6. The minimum Gasteiger partial charge on any atom is -0.343 e. The summed E-state index contributed by atoms with van der Waals surface area (Å²) < 4.78 is 14.6. The third kappa shape index (κ3) is 2.88. The first kappa shape index (κ1) is 16.2. The van der Waals surface area contributed by atoms with Crippen molar-refractivity contribution in [1.82, 2.24) is 15.5 Å². The van der Waals surface area contributed by atoms with Gasteiger partial charge in [0.1, 0.15) is 6.17 Å². The van der Waals surface area contributed by atoms with Crippen molar-refractivity contribution in [3.63, 3.8) is 0 Å². The number of hydrogen-bond donors (Lipinski definition) is 2. The molecule has 24 heavy (non-hydrogen) atoms. The molecule has 5 fully saturated rings. The number of rotatable bonds is 2. The van der Waals surface area contributed by atoms with Crippen LogP contribution in [-0.2, 0) is 4.79 Å². The van der Waals surface area contributed by atoms with Crippen molar-refractivity contribution in [2.75, 3.05) is 13.1 Å². The minimum atomic E-state index is -0.734. The maximum absolute atomic E-state index is 14.6. The van der Waals surface area contributed by atoms with E-state index in [0.29, 0.717) is 24.9 Å². The number of nitrogens with zero attached hydrogens (tertiary/aromatic N) is 1. The van der Waals surface area contributed by atoms with Gasteiger partial charge in [-0.15, -0.1) is 0 Å². The van der Waals surface area contributed by atoms with Crippen molar-refractivity contribution < 1.29 is 14.0 Å². The number of hydrogen-bond acceptors (Lipinski definition) is 2. The number of piperidine rings is 1. The lowest BCUT2D eigenvalue weighted by molar-refractivity contribution is -0.129. The number of amides is 3. The Hall–Kier alpha value is -1.33. The molecule has 3 amide bonds. The lowest BCUT2D eigenvalue weighted by Gasteiger charge is -2.55. The first-order chi connectivity index (χ1) is 11.5. The molecule has 0 radical (unpaired) electrons. The zero-order chi connectivity index (χ0) is 16.8. The van der Waals surface area contributed by atoms with Crippen molar-refractivity contribution in [2.45, 2.75) is 63.7 Å². The molecule has 1 heterocycles. The zero-order valence-corrected chi connectivity index (χ0v) is 14.3. The van der Waals surface area contributed by atoms with Crippen LogP contribution in [0.15, 0.2) is 0 Å². The Morgan fingerprint density at radius 3 is 2.42 bits per heavy atom. The van der Waals surface area contributed by atoms with Crippen molar-refractivity contribution in [2.24, 2.45) is 23.7 Å². The van der Waals surface area contributed by atoms with E-state index in [4.69, 9.17) is 0 Å². The average Bonchev–Trinajstić information content (AvgIpc) is 2.55. The predicted molar refractivity (Wildman–Crippen MR) is 88.1 cm³/mol. The van der Waals surface area contributed by atoms with Gasteiger partial charge in [0.15, 0.2) is 0 Å². The second kappa shape index (κ2) is 6.19. The van der Waals surface area contributed by atoms with Crippen LogP contribution in [-0.4, -0.2) is 48.2 Å². The maximum Gasteiger partial charge on any atom is 0.315 e. The summed E-state index contributed by atoms with van der Waals surface area (Å²) in [5, 5.41) is 6.14. The molecule has 4 aliphatic carbocycles. The van der Waals surface area contributed by atoms with Gasteiger partial charge in [0.2, 0.25) is 5.91 Å². The first-order valence-electron chi connectivity index (χ1n) is 9.48. The summed E-state index contributed by atoms with van der Waals surface area (Å²) in [6, 6.07) is -0.0373. The summed E-state index contributed by atoms with van der Waals surface area (Å²) in [5.41, 5.74) is 0. The van der Waals surface area contributed by atoms with Gasteiger partial charge < -0.3 is 15.5 Å². The highest BCUT2D eigenvalue weighted by atomic mass is 19.1. The molecular weight excluding hydrogens is 309 g/mol. The Morgan fingerprint density at radius 2 is 1.71 bits per heavy atom. The largest absolute Gasteiger partial charge is 0.343 e. The van der Waals surface area contributed by atoms with Gasteiger partial charge in [-0.05, 0) is 56.3 Å². The molecule has 0 aromatic carbocycles. The quantitative estimate of drug-likeness (QED) is 0.810. The van der Waals surface area contributed by atoms with Crippen LogP contribution in [0.5, 0.6) is 0 Å². The third-order valence-electron chi connectivity index (χ3n) is 6.88. The van der Waals surface area contributed by atoms with Crippen molar-refractivity contribution in [1.29, 1.82) is 0 Å². The number of carbonyl (C=O) groups is 2. The monoisotopic (exact) mass is 337 g/mol. The lowest BCUT2D eigenvalue weighted by atomic mass is 9.53. The molecule has 2 N–H and O–H groups in total. The summed E-state index contributed by atoms with van der Waals surface area (Å²) >= 11 is 0. The minimum absolute atomic E-state index is 0.00473. The van der Waals surface area contributed by atoms with Gasteiger partial charge in [-0.1, -0.05) is 0 Å². The number of likely N-dealkylation sites (tertiary alicyclic amines) is 1. The molecule has 5 rings (SSSR count). The predicted octanol–water partition coefficient (Wildman–Crippen LogP) is 2.07. The van der Waals surface area contributed by atoms with E-state index in [-0.39, 0.29) is 35.9 Å². The van der Waals surface area contributed by atoms with Gasteiger partial charge in [-0.3, -0.25) is 4.79 Å². The Labute approximate surface area is 142 Å². The molecule has 4 saturated carbocycles. The second-order valence-corrected chi connectivity index (χ2v) is 8.36. The van der Waals surface area contributed by atoms with E-state index in [1.807, 2.05) is 4.90 Å². The van der Waals surface area contributed by atoms with E-state index in [1.54, 1.807) is 6.92 Å². The van der Waals surface area contributed by atoms with Crippen molar-refractivity contribution in [3.05, 3.63) is 0 Å². The fourth-order valence-electron chi connectivity index (χ4n) is 5.78. The topological polar surface area (TPSA) is 61.4 Å². The molecular formula is C18H28FN3O2. The molecule has 0 aromatic rings. The van der Waals surface area contributed by atoms with E-state index in [9.17, 15) is 14.0 Å². The van der Waals surface area contributed by atoms with Crippen molar-refractivity contribution >= 4 is 11.9 Å². The standard InChI is InChI=1S/C18H28FN3O2/c1-10(23)22-4-2-14(3-5-22)20-18(24)21-17-13-7-11-6-12(9-13)16(19)15(17)8-11/h11-17H,2-9H2,1H3,(H2,20,21,24). The Morgan fingerprint density at radius 1 is 1.00 bits per heavy atom. The highest BCUT2D eigenvalue weighted by molar-refractivity contribution is 5.75. The highest BCUT2D eigenvalue weighted by Crippen LogP contribution is 2.54. The number of alkyl halides is 1. The molecule has 4 bridgehead atoms. The van der Waals surface area contributed by atoms with Gasteiger partial charge in [0, 0.05) is 38.0 Å². The molecule has 134 valence electrons. The van der Waals surface area contributed by atoms with Crippen LogP contribution in [0.2, 0.25) is 0 Å². The third-order valence-corrected chi connectivity index (χ3v) is 6.88. The first-order valence-corrected chi connectivity index (χ1v) is 9.48. The smallest absolute Gasteiger partial charge is 0.315 e. The Balaban J connectivity index is 1.30. The molecule has 6 atom stereocenters. The van der Waals surface area contributed by atoms with Crippen LogP contribution in [0.4, 0.5) is 9.18 Å². The molecule has 5 aliphatic rings. The summed E-state index contributed by atoms with van der Waals surface area (Å²) in [7, 11) is 0. The van der Waals surface area contributed by atoms with Crippen LogP contribution < -0.4 is 10.6 Å². The van der Waals surface area contributed by atoms with Crippen LogP contribution >= 0.6 is 0 Å². The maximum atomic E-state index is 14.6. The van der Waals surface area contributed by atoms with Crippen LogP contribution in [0, 0.1) is 23.7 Å². The fraction of sp³-hybridized carbons (Fsp3) is 0.889. The lowest BCUT2D eigenvalue weighted by Crippen LogP contribution is -2.62. The second-order valence-electron chi connectivity index (χ2n) is 8.36. The van der Waals surface area contributed by atoms with Crippen molar-refractivity contribution in [3.8, 4) is 0 Å². The summed E-state index contributed by atoms with van der Waals surface area (Å²) in [6.45, 7) is 2.98. The molecule has 1 aliphatic heterocycles. The van der Waals surface area contributed by atoms with Gasteiger partial charge in [-0.25, -0.2) is 9.18 Å². The van der Waals surface area contributed by atoms with E-state index < -0.39 is 6.17 Å². The Kier molecular flexibility index (Phi) is 4.17. The van der Waals surface area contributed by atoms with Crippen LogP contribution in [0.1, 0.15) is 45.4 Å². The number of nitrogens with one attached hydrogen (secondary N) is 2. The SMILES string of the molecule is CC(=O)N1CCC(NC(=O)NC2C3CC4CC(C3)C(F)C2C4)CC1. The fourth-order valence-corrected chi connectivity index (χ4v) is 5.78. The average molecular weight is 337 g/mol. The molecule has 0 aromatic heterocycles. The van der Waals surface area contributed by atoms with Crippen LogP contribution in [0.3, 0.4) is 0 Å². The Bertz CT molecular complexity index is 520. The van der Waals surface area contributed by atoms with E-state index in [0.717, 1.165) is 38.5 Å². The van der Waals surface area contributed by atoms with Crippen LogP contribution in [0.25, 0.3) is 0 Å². The number of carbonyl (C=O) groups excluding carboxylic acids is 2. The van der Waals surface area contributed by atoms with Gasteiger partial charge in [0.25, 0.3) is 0 Å². The molecule has 1 saturated heterocycles. The molecule has 6 heteroatoms. The van der Waals surface area contributed by atoms with E-state index in [1.165, 1.54) is 0 Å². The highest BCUT2D eigenvalue weighted by Gasteiger charge is 2.54. The van der Waals surface area contributed by atoms with Gasteiger partial charge >= 0.3 is 6.03 Å². The molecule has 6 unspecified atom stereocenters. The van der Waals surface area contributed by atoms with Gasteiger partial charge in [0.05, 0.1) is 0 Å². The number of urea groups is 1. The molecule has 0 spiro atoms. The normalized spacial score (nSPS) is 41.3. The zero-order valence-electron chi connectivity index (χ0n) is 14.3.